The van der Waals surface area contributed by atoms with E-state index in [4.69, 9.17) is 15.2 Å². The number of nitrogen functional groups attached to an aromatic ring is 1. The van der Waals surface area contributed by atoms with Crippen LogP contribution in [0.4, 0.5) is 5.82 Å². The number of carbonyl (C=O) groups is 1. The summed E-state index contributed by atoms with van der Waals surface area (Å²) in [7, 11) is 1.59. The molecule has 0 spiro atoms. The van der Waals surface area contributed by atoms with Gasteiger partial charge in [-0.05, 0) is 29.8 Å². The molecule has 0 saturated carbocycles. The molecule has 0 fully saturated rings. The second-order valence-electron chi connectivity index (χ2n) is 6.91. The SMILES string of the molecule is COCCNC(=O)Cn1cc(-c2ccc(Oc3ccccc3)cc2)c2c(N)ncnc21. The number of ether oxygens (including phenoxy) is 2. The minimum atomic E-state index is -0.135. The molecule has 4 aromatic rings. The van der Waals surface area contributed by atoms with Crippen molar-refractivity contribution in [1.29, 1.82) is 0 Å². The zero-order valence-corrected chi connectivity index (χ0v) is 17.1. The van der Waals surface area contributed by atoms with Gasteiger partial charge in [0, 0.05) is 25.4 Å². The van der Waals surface area contributed by atoms with Crippen LogP contribution in [-0.4, -0.2) is 40.7 Å². The van der Waals surface area contributed by atoms with Crippen molar-refractivity contribution in [3.8, 4) is 22.6 Å². The molecule has 158 valence electrons. The van der Waals surface area contributed by atoms with Crippen LogP contribution in [0.3, 0.4) is 0 Å². The van der Waals surface area contributed by atoms with E-state index in [-0.39, 0.29) is 12.5 Å². The molecule has 0 radical (unpaired) electrons. The predicted molar refractivity (Wildman–Crippen MR) is 119 cm³/mol. The number of nitrogens with two attached hydrogens (primary N) is 1. The number of hydrogen-bond donors (Lipinski definition) is 2. The van der Waals surface area contributed by atoms with Crippen LogP contribution in [0.2, 0.25) is 0 Å². The predicted octanol–water partition coefficient (Wildman–Crippen LogP) is 3.24. The maximum Gasteiger partial charge on any atom is 0.240 e. The molecule has 2 heterocycles. The van der Waals surface area contributed by atoms with E-state index in [1.807, 2.05) is 60.8 Å². The van der Waals surface area contributed by atoms with Crippen molar-refractivity contribution in [3.63, 3.8) is 0 Å². The van der Waals surface area contributed by atoms with Crippen LogP contribution in [0.25, 0.3) is 22.2 Å². The van der Waals surface area contributed by atoms with Gasteiger partial charge in [-0.3, -0.25) is 4.79 Å². The Morgan fingerprint density at radius 1 is 1.06 bits per heavy atom. The van der Waals surface area contributed by atoms with Gasteiger partial charge in [0.25, 0.3) is 0 Å². The number of amides is 1. The molecular weight excluding hydrogens is 394 g/mol. The fourth-order valence-corrected chi connectivity index (χ4v) is 3.32. The van der Waals surface area contributed by atoms with Gasteiger partial charge in [0.2, 0.25) is 5.91 Å². The molecule has 0 atom stereocenters. The Hall–Kier alpha value is -3.91. The summed E-state index contributed by atoms with van der Waals surface area (Å²) in [5.74, 6) is 1.72. The van der Waals surface area contributed by atoms with Gasteiger partial charge in [-0.1, -0.05) is 30.3 Å². The molecule has 1 amide bonds. The van der Waals surface area contributed by atoms with E-state index < -0.39 is 0 Å². The van der Waals surface area contributed by atoms with Crippen LogP contribution in [0.5, 0.6) is 11.5 Å². The lowest BCUT2D eigenvalue weighted by Crippen LogP contribution is -2.30. The maximum absolute atomic E-state index is 12.3. The highest BCUT2D eigenvalue weighted by molar-refractivity contribution is 6.01. The van der Waals surface area contributed by atoms with E-state index in [1.54, 1.807) is 11.7 Å². The summed E-state index contributed by atoms with van der Waals surface area (Å²) < 4.78 is 12.6. The fraction of sp³-hybridized carbons (Fsp3) is 0.174. The van der Waals surface area contributed by atoms with Gasteiger partial charge in [0.05, 0.1) is 12.0 Å². The highest BCUT2D eigenvalue weighted by Gasteiger charge is 2.16. The largest absolute Gasteiger partial charge is 0.457 e. The Balaban J connectivity index is 1.62. The molecule has 4 rings (SSSR count). The normalized spacial score (nSPS) is 10.9. The summed E-state index contributed by atoms with van der Waals surface area (Å²) >= 11 is 0. The van der Waals surface area contributed by atoms with Crippen molar-refractivity contribution in [2.75, 3.05) is 26.0 Å². The number of methoxy groups -OCH3 is 1. The van der Waals surface area contributed by atoms with Crippen molar-refractivity contribution in [2.24, 2.45) is 0 Å². The Bertz CT molecular complexity index is 1170. The van der Waals surface area contributed by atoms with Crippen LogP contribution in [-0.2, 0) is 16.1 Å². The molecular formula is C23H23N5O3. The third-order valence-electron chi connectivity index (χ3n) is 4.77. The van der Waals surface area contributed by atoms with Crippen molar-refractivity contribution in [3.05, 3.63) is 67.1 Å². The molecule has 0 bridgehead atoms. The van der Waals surface area contributed by atoms with Crippen LogP contribution < -0.4 is 15.8 Å². The molecule has 31 heavy (non-hydrogen) atoms. The minimum absolute atomic E-state index is 0.117. The molecule has 0 unspecified atom stereocenters. The number of para-hydroxylation sites is 1. The van der Waals surface area contributed by atoms with Crippen LogP contribution in [0.15, 0.2) is 67.1 Å². The fourth-order valence-electron chi connectivity index (χ4n) is 3.32. The number of aromatic nitrogens is 3. The lowest BCUT2D eigenvalue weighted by atomic mass is 10.1. The van der Waals surface area contributed by atoms with Crippen molar-refractivity contribution >= 4 is 22.8 Å². The first kappa shape index (κ1) is 20.4. The van der Waals surface area contributed by atoms with Crippen molar-refractivity contribution in [2.45, 2.75) is 6.54 Å². The van der Waals surface area contributed by atoms with Crippen LogP contribution in [0.1, 0.15) is 0 Å². The van der Waals surface area contributed by atoms with E-state index in [0.29, 0.717) is 30.0 Å². The standard InChI is InChI=1S/C23H23N5O3/c1-30-12-11-25-20(29)14-28-13-19(21-22(24)26-15-27-23(21)28)16-7-9-18(10-8-16)31-17-5-3-2-4-6-17/h2-10,13,15H,11-12,14H2,1H3,(H,25,29)(H2,24,26,27). The first-order chi connectivity index (χ1) is 15.2. The summed E-state index contributed by atoms with van der Waals surface area (Å²) in [5.41, 5.74) is 8.54. The zero-order valence-electron chi connectivity index (χ0n) is 17.1. The summed E-state index contributed by atoms with van der Waals surface area (Å²) in [5, 5.41) is 3.53. The first-order valence-electron chi connectivity index (χ1n) is 9.84. The van der Waals surface area contributed by atoms with Gasteiger partial charge < -0.3 is 25.1 Å². The van der Waals surface area contributed by atoms with Crippen molar-refractivity contribution in [1.82, 2.24) is 19.9 Å². The number of nitrogens with one attached hydrogen (secondary N) is 1. The van der Waals surface area contributed by atoms with Gasteiger partial charge in [0.15, 0.2) is 0 Å². The Morgan fingerprint density at radius 3 is 2.55 bits per heavy atom. The summed E-state index contributed by atoms with van der Waals surface area (Å²) in [6.45, 7) is 1.02. The maximum atomic E-state index is 12.3. The molecule has 2 aromatic carbocycles. The first-order valence-corrected chi connectivity index (χ1v) is 9.84. The second-order valence-corrected chi connectivity index (χ2v) is 6.91. The highest BCUT2D eigenvalue weighted by atomic mass is 16.5. The van der Waals surface area contributed by atoms with E-state index in [2.05, 4.69) is 15.3 Å². The molecule has 0 aliphatic heterocycles. The van der Waals surface area contributed by atoms with Crippen LogP contribution in [0, 0.1) is 0 Å². The topological polar surface area (TPSA) is 104 Å². The number of carbonyl (C=O) groups excluding carboxylic acids is 1. The number of nitrogens with zero attached hydrogens (tertiary/aromatic N) is 3. The number of hydrogen-bond acceptors (Lipinski definition) is 6. The third-order valence-corrected chi connectivity index (χ3v) is 4.77. The van der Waals surface area contributed by atoms with Crippen molar-refractivity contribution < 1.29 is 14.3 Å². The Morgan fingerprint density at radius 2 is 1.81 bits per heavy atom. The van der Waals surface area contributed by atoms with Gasteiger partial charge in [-0.15, -0.1) is 0 Å². The molecule has 2 aromatic heterocycles. The van der Waals surface area contributed by atoms with Gasteiger partial charge in [-0.25, -0.2) is 9.97 Å². The van der Waals surface area contributed by atoms with Gasteiger partial charge in [-0.2, -0.15) is 0 Å². The van der Waals surface area contributed by atoms with E-state index >= 15 is 0 Å². The van der Waals surface area contributed by atoms with E-state index in [1.165, 1.54) is 6.33 Å². The van der Waals surface area contributed by atoms with E-state index in [9.17, 15) is 4.79 Å². The minimum Gasteiger partial charge on any atom is -0.457 e. The number of anilines is 1. The number of benzene rings is 2. The average molecular weight is 417 g/mol. The number of rotatable bonds is 8. The zero-order chi connectivity index (χ0) is 21.6. The smallest absolute Gasteiger partial charge is 0.240 e. The lowest BCUT2D eigenvalue weighted by Gasteiger charge is -2.07. The molecule has 0 aliphatic rings. The average Bonchev–Trinajstić information content (AvgIpc) is 3.15. The lowest BCUT2D eigenvalue weighted by molar-refractivity contribution is -0.121. The monoisotopic (exact) mass is 417 g/mol. The summed E-state index contributed by atoms with van der Waals surface area (Å²) in [6, 6.07) is 17.3. The molecule has 8 heteroatoms. The molecule has 0 aliphatic carbocycles. The highest BCUT2D eigenvalue weighted by Crippen LogP contribution is 2.34. The Labute approximate surface area is 179 Å². The Kier molecular flexibility index (Phi) is 6.09. The molecule has 8 nitrogen and oxygen atoms in total. The third kappa shape index (κ3) is 4.65. The van der Waals surface area contributed by atoms with Gasteiger partial charge >= 0.3 is 0 Å². The van der Waals surface area contributed by atoms with Gasteiger partial charge in [0.1, 0.15) is 35.8 Å². The molecule has 0 saturated heterocycles. The quantitative estimate of drug-likeness (QED) is 0.427. The summed E-state index contributed by atoms with van der Waals surface area (Å²) in [6.07, 6.45) is 3.27. The van der Waals surface area contributed by atoms with Crippen LogP contribution >= 0.6 is 0 Å². The number of fused-ring (bicyclic) bond motifs is 1. The molecule has 3 N–H and O–H groups in total. The van der Waals surface area contributed by atoms with E-state index in [0.717, 1.165) is 22.6 Å². The summed E-state index contributed by atoms with van der Waals surface area (Å²) in [4.78, 5) is 20.8. The second kappa shape index (κ2) is 9.27.